The van der Waals surface area contributed by atoms with Gasteiger partial charge in [0.05, 0.1) is 16.6 Å². The first-order chi connectivity index (χ1) is 9.19. The molecule has 0 N–H and O–H groups in total. The normalized spacial score (nSPS) is 27.6. The third kappa shape index (κ3) is 2.56. The molecule has 3 nitrogen and oxygen atoms in total. The van der Waals surface area contributed by atoms with Crippen LogP contribution < -0.4 is 4.90 Å². The summed E-state index contributed by atoms with van der Waals surface area (Å²) in [5.74, 6) is 1.38. The van der Waals surface area contributed by atoms with Gasteiger partial charge in [0, 0.05) is 25.2 Å². The summed E-state index contributed by atoms with van der Waals surface area (Å²) in [6.45, 7) is 2.13. The number of anilines is 1. The zero-order valence-electron chi connectivity index (χ0n) is 11.1. The number of hydrogen-bond acceptors (Lipinski definition) is 3. The van der Waals surface area contributed by atoms with Gasteiger partial charge < -0.3 is 4.90 Å². The van der Waals surface area contributed by atoms with Crippen LogP contribution in [0.15, 0.2) is 12.1 Å². The van der Waals surface area contributed by atoms with Crippen LogP contribution in [0.1, 0.15) is 25.0 Å². The molecule has 2 aliphatic heterocycles. The fourth-order valence-electron chi connectivity index (χ4n) is 3.26. The van der Waals surface area contributed by atoms with E-state index in [0.717, 1.165) is 30.6 Å². The molecule has 0 radical (unpaired) electrons. The maximum atomic E-state index is 6.08. The van der Waals surface area contributed by atoms with E-state index < -0.39 is 0 Å². The lowest BCUT2D eigenvalue weighted by Gasteiger charge is -2.27. The van der Waals surface area contributed by atoms with Crippen LogP contribution in [-0.2, 0) is 5.88 Å². The molecule has 2 saturated heterocycles. The maximum absolute atomic E-state index is 6.08. The molecule has 2 aliphatic rings. The second-order valence-corrected chi connectivity index (χ2v) is 6.19. The van der Waals surface area contributed by atoms with Gasteiger partial charge in [-0.3, -0.25) is 4.90 Å². The van der Waals surface area contributed by atoms with Crippen molar-refractivity contribution in [2.45, 2.75) is 37.2 Å². The molecule has 0 amide bonds. The molecular formula is C14H19Cl2N3. The molecule has 1 aromatic rings. The highest BCUT2D eigenvalue weighted by molar-refractivity contribution is 6.32. The highest BCUT2D eigenvalue weighted by Gasteiger charge is 2.34. The lowest BCUT2D eigenvalue weighted by molar-refractivity contribution is 0.254. The van der Waals surface area contributed by atoms with Crippen molar-refractivity contribution in [2.24, 2.45) is 0 Å². The lowest BCUT2D eigenvalue weighted by atomic mass is 10.1. The van der Waals surface area contributed by atoms with Gasteiger partial charge in [0.1, 0.15) is 5.82 Å². The fourth-order valence-corrected chi connectivity index (χ4v) is 3.70. The van der Waals surface area contributed by atoms with Crippen LogP contribution in [0.2, 0.25) is 5.02 Å². The monoisotopic (exact) mass is 299 g/mol. The first-order valence-corrected chi connectivity index (χ1v) is 7.78. The predicted molar refractivity (Wildman–Crippen MR) is 80.2 cm³/mol. The average Bonchev–Trinajstić information content (AvgIpc) is 2.64. The topological polar surface area (TPSA) is 19.4 Å². The van der Waals surface area contributed by atoms with Crippen molar-refractivity contribution in [3.63, 3.8) is 0 Å². The van der Waals surface area contributed by atoms with Gasteiger partial charge in [0.25, 0.3) is 0 Å². The Kier molecular flexibility index (Phi) is 3.88. The Morgan fingerprint density at radius 2 is 2.05 bits per heavy atom. The average molecular weight is 300 g/mol. The van der Waals surface area contributed by atoms with Gasteiger partial charge in [-0.1, -0.05) is 11.6 Å². The highest BCUT2D eigenvalue weighted by atomic mass is 35.5. The van der Waals surface area contributed by atoms with E-state index in [4.69, 9.17) is 23.2 Å². The van der Waals surface area contributed by atoms with Gasteiger partial charge >= 0.3 is 0 Å². The molecule has 2 unspecified atom stereocenters. The van der Waals surface area contributed by atoms with Crippen molar-refractivity contribution < 1.29 is 0 Å². The van der Waals surface area contributed by atoms with Crippen molar-refractivity contribution in [1.82, 2.24) is 9.88 Å². The Morgan fingerprint density at radius 3 is 2.84 bits per heavy atom. The van der Waals surface area contributed by atoms with Gasteiger partial charge in [0.15, 0.2) is 0 Å². The van der Waals surface area contributed by atoms with Crippen molar-refractivity contribution in [2.75, 3.05) is 25.0 Å². The smallest absolute Gasteiger partial charge is 0.129 e. The van der Waals surface area contributed by atoms with Crippen molar-refractivity contribution in [3.05, 3.63) is 22.8 Å². The number of alkyl halides is 1. The van der Waals surface area contributed by atoms with E-state index >= 15 is 0 Å². The van der Waals surface area contributed by atoms with Gasteiger partial charge in [-0.25, -0.2) is 4.98 Å². The number of rotatable bonds is 2. The summed E-state index contributed by atoms with van der Waals surface area (Å²) in [5.41, 5.74) is 0.781. The molecule has 2 fully saturated rings. The minimum atomic E-state index is 0.368. The summed E-state index contributed by atoms with van der Waals surface area (Å²) >= 11 is 12.0. The summed E-state index contributed by atoms with van der Waals surface area (Å²) in [6.07, 6.45) is 3.86. The molecule has 1 aromatic heterocycles. The summed E-state index contributed by atoms with van der Waals surface area (Å²) in [7, 11) is 2.26. The molecule has 0 aromatic carbocycles. The van der Waals surface area contributed by atoms with Crippen LogP contribution in [-0.4, -0.2) is 42.1 Å². The molecule has 2 bridgehead atoms. The Morgan fingerprint density at radius 1 is 1.26 bits per heavy atom. The maximum Gasteiger partial charge on any atom is 0.129 e. The molecular weight excluding hydrogens is 281 g/mol. The minimum Gasteiger partial charge on any atom is -0.355 e. The summed E-state index contributed by atoms with van der Waals surface area (Å²) in [4.78, 5) is 9.53. The molecule has 3 heterocycles. The zero-order valence-corrected chi connectivity index (χ0v) is 12.7. The minimum absolute atomic E-state index is 0.368. The van der Waals surface area contributed by atoms with Gasteiger partial charge in [-0.05, 0) is 38.4 Å². The SMILES string of the molecule is CN1C2CCC1CN(c1ccc(Cl)c(CCl)n1)CC2. The van der Waals surface area contributed by atoms with E-state index in [1.54, 1.807) is 0 Å². The van der Waals surface area contributed by atoms with Crippen LogP contribution in [0.25, 0.3) is 0 Å². The van der Waals surface area contributed by atoms with E-state index in [9.17, 15) is 0 Å². The van der Waals surface area contributed by atoms with Gasteiger partial charge in [0.2, 0.25) is 0 Å². The van der Waals surface area contributed by atoms with Gasteiger partial charge in [-0.15, -0.1) is 11.6 Å². The quantitative estimate of drug-likeness (QED) is 0.782. The number of aromatic nitrogens is 1. The van der Waals surface area contributed by atoms with E-state index in [1.165, 1.54) is 19.3 Å². The van der Waals surface area contributed by atoms with E-state index in [2.05, 4.69) is 21.8 Å². The number of pyridine rings is 1. The molecule has 19 heavy (non-hydrogen) atoms. The summed E-state index contributed by atoms with van der Waals surface area (Å²) in [5, 5.41) is 0.659. The third-order valence-electron chi connectivity index (χ3n) is 4.50. The first kappa shape index (κ1) is 13.5. The van der Waals surface area contributed by atoms with Crippen LogP contribution in [0.5, 0.6) is 0 Å². The Labute approximate surface area is 124 Å². The van der Waals surface area contributed by atoms with Crippen LogP contribution in [0, 0.1) is 0 Å². The Balaban J connectivity index is 1.82. The highest BCUT2D eigenvalue weighted by Crippen LogP contribution is 2.30. The lowest BCUT2D eigenvalue weighted by Crippen LogP contribution is -2.37. The fraction of sp³-hybridized carbons (Fsp3) is 0.643. The van der Waals surface area contributed by atoms with Crippen LogP contribution >= 0.6 is 23.2 Å². The predicted octanol–water partition coefficient (Wildman–Crippen LogP) is 3.15. The summed E-state index contributed by atoms with van der Waals surface area (Å²) in [6, 6.07) is 5.32. The van der Waals surface area contributed by atoms with E-state index in [0.29, 0.717) is 16.9 Å². The summed E-state index contributed by atoms with van der Waals surface area (Å²) < 4.78 is 0. The van der Waals surface area contributed by atoms with Gasteiger partial charge in [-0.2, -0.15) is 0 Å². The molecule has 0 spiro atoms. The van der Waals surface area contributed by atoms with Crippen molar-refractivity contribution in [3.8, 4) is 0 Å². The van der Waals surface area contributed by atoms with Crippen LogP contribution in [0.3, 0.4) is 0 Å². The zero-order chi connectivity index (χ0) is 13.4. The second-order valence-electron chi connectivity index (χ2n) is 5.52. The molecule has 3 rings (SSSR count). The third-order valence-corrected chi connectivity index (χ3v) is 5.10. The van der Waals surface area contributed by atoms with Crippen molar-refractivity contribution in [1.29, 1.82) is 0 Å². The molecule has 0 aliphatic carbocycles. The molecule has 104 valence electrons. The first-order valence-electron chi connectivity index (χ1n) is 6.87. The molecule has 5 heteroatoms. The largest absolute Gasteiger partial charge is 0.355 e. The molecule has 2 atom stereocenters. The standard InChI is InChI=1S/C14H19Cl2N3/c1-18-10-2-3-11(18)9-19(7-6-10)14-5-4-12(16)13(8-15)17-14/h4-5,10-11H,2-3,6-9H2,1H3. The number of nitrogens with zero attached hydrogens (tertiary/aromatic N) is 3. The van der Waals surface area contributed by atoms with E-state index in [1.807, 2.05) is 12.1 Å². The van der Waals surface area contributed by atoms with E-state index in [-0.39, 0.29) is 0 Å². The van der Waals surface area contributed by atoms with Crippen LogP contribution in [0.4, 0.5) is 5.82 Å². The Bertz CT molecular complexity index is 466. The number of fused-ring (bicyclic) bond motifs is 2. The number of hydrogen-bond donors (Lipinski definition) is 0. The second kappa shape index (κ2) is 5.47. The number of likely N-dealkylation sites (N-methyl/N-ethyl adjacent to an activating group) is 1. The van der Waals surface area contributed by atoms with Crippen molar-refractivity contribution >= 4 is 29.0 Å². The Hall–Kier alpha value is -0.510. The number of halogens is 2. The molecule has 0 saturated carbocycles.